The van der Waals surface area contributed by atoms with Crippen LogP contribution in [0.3, 0.4) is 0 Å². The quantitative estimate of drug-likeness (QED) is 0.803. The van der Waals surface area contributed by atoms with Gasteiger partial charge in [0.1, 0.15) is 18.1 Å². The molecule has 134 valence electrons. The monoisotopic (exact) mass is 344 g/mol. The number of amides is 1. The van der Waals surface area contributed by atoms with Gasteiger partial charge in [0.15, 0.2) is 0 Å². The summed E-state index contributed by atoms with van der Waals surface area (Å²) in [4.78, 5) is 18.7. The van der Waals surface area contributed by atoms with E-state index >= 15 is 0 Å². The summed E-state index contributed by atoms with van der Waals surface area (Å²) in [6.07, 6.45) is 5.96. The molecule has 3 rings (SSSR count). The lowest BCUT2D eigenvalue weighted by Crippen LogP contribution is -2.39. The van der Waals surface area contributed by atoms with Gasteiger partial charge >= 0.3 is 0 Å². The standard InChI is InChI=1S/C18H24N4O3/c1-13(2)22-8-6-17(20-22)18(23)21-11-16(24-3)9-14(21)12-25-15-5-4-7-19-10-15/h4-8,10,13-14,16H,9,11-12H2,1-3H3/t14-,16+/m0/s1. The Balaban J connectivity index is 1.70. The van der Waals surface area contributed by atoms with Crippen LogP contribution in [0.4, 0.5) is 0 Å². The number of hydrogen-bond acceptors (Lipinski definition) is 5. The topological polar surface area (TPSA) is 69.5 Å². The van der Waals surface area contributed by atoms with Gasteiger partial charge in [0.05, 0.1) is 18.3 Å². The fraction of sp³-hybridized carbons (Fsp3) is 0.500. The molecule has 0 aliphatic carbocycles. The number of pyridine rings is 1. The van der Waals surface area contributed by atoms with E-state index in [1.165, 1.54) is 0 Å². The van der Waals surface area contributed by atoms with Crippen LogP contribution in [0, 0.1) is 0 Å². The molecule has 0 bridgehead atoms. The van der Waals surface area contributed by atoms with Crippen molar-refractivity contribution in [2.75, 3.05) is 20.3 Å². The molecule has 1 saturated heterocycles. The van der Waals surface area contributed by atoms with Crippen molar-refractivity contribution in [2.45, 2.75) is 38.5 Å². The SMILES string of the molecule is CO[C@@H]1C[C@@H](COc2cccnc2)N(C(=O)c2ccn(C(C)C)n2)C1. The van der Waals surface area contributed by atoms with Crippen molar-refractivity contribution in [1.29, 1.82) is 0 Å². The lowest BCUT2D eigenvalue weighted by atomic mass is 10.2. The molecule has 1 amide bonds. The predicted molar refractivity (Wildman–Crippen MR) is 92.6 cm³/mol. The molecule has 0 spiro atoms. The summed E-state index contributed by atoms with van der Waals surface area (Å²) in [5, 5.41) is 4.39. The first-order valence-electron chi connectivity index (χ1n) is 8.50. The molecule has 7 nitrogen and oxygen atoms in total. The molecule has 0 saturated carbocycles. The molecule has 1 aliphatic heterocycles. The first-order valence-corrected chi connectivity index (χ1v) is 8.50. The summed E-state index contributed by atoms with van der Waals surface area (Å²) < 4.78 is 13.1. The van der Waals surface area contributed by atoms with E-state index in [0.717, 1.165) is 6.42 Å². The molecule has 0 N–H and O–H groups in total. The van der Waals surface area contributed by atoms with Crippen LogP contribution in [0.5, 0.6) is 5.75 Å². The van der Waals surface area contributed by atoms with Crippen molar-refractivity contribution in [2.24, 2.45) is 0 Å². The van der Waals surface area contributed by atoms with E-state index in [4.69, 9.17) is 9.47 Å². The highest BCUT2D eigenvalue weighted by atomic mass is 16.5. The molecule has 25 heavy (non-hydrogen) atoms. The van der Waals surface area contributed by atoms with Gasteiger partial charge in [-0.3, -0.25) is 14.5 Å². The maximum Gasteiger partial charge on any atom is 0.274 e. The maximum atomic E-state index is 12.9. The first-order chi connectivity index (χ1) is 12.1. The zero-order valence-electron chi connectivity index (χ0n) is 14.8. The van der Waals surface area contributed by atoms with Gasteiger partial charge in [-0.15, -0.1) is 0 Å². The van der Waals surface area contributed by atoms with Crippen molar-refractivity contribution >= 4 is 5.91 Å². The summed E-state index contributed by atoms with van der Waals surface area (Å²) >= 11 is 0. The summed E-state index contributed by atoms with van der Waals surface area (Å²) in [6, 6.07) is 5.61. The second-order valence-electron chi connectivity index (χ2n) is 6.48. The van der Waals surface area contributed by atoms with Crippen LogP contribution in [-0.4, -0.2) is 58.0 Å². The molecular formula is C18H24N4O3. The van der Waals surface area contributed by atoms with Crippen LogP contribution in [0.2, 0.25) is 0 Å². The zero-order chi connectivity index (χ0) is 17.8. The highest BCUT2D eigenvalue weighted by molar-refractivity contribution is 5.92. The van der Waals surface area contributed by atoms with Crippen LogP contribution >= 0.6 is 0 Å². The molecule has 1 fully saturated rings. The van der Waals surface area contributed by atoms with Gasteiger partial charge in [-0.25, -0.2) is 0 Å². The Labute approximate surface area is 147 Å². The lowest BCUT2D eigenvalue weighted by molar-refractivity contribution is 0.0651. The summed E-state index contributed by atoms with van der Waals surface area (Å²) in [5.41, 5.74) is 0.455. The van der Waals surface area contributed by atoms with Gasteiger partial charge in [0.25, 0.3) is 5.91 Å². The van der Waals surface area contributed by atoms with E-state index in [9.17, 15) is 4.79 Å². The second kappa shape index (κ2) is 7.65. The number of hydrogen-bond donors (Lipinski definition) is 0. The van der Waals surface area contributed by atoms with E-state index in [1.807, 2.05) is 32.2 Å². The van der Waals surface area contributed by atoms with Crippen molar-refractivity contribution < 1.29 is 14.3 Å². The minimum Gasteiger partial charge on any atom is -0.490 e. The molecule has 0 unspecified atom stereocenters. The molecule has 2 atom stereocenters. The number of likely N-dealkylation sites (tertiary alicyclic amines) is 1. The molecule has 1 aliphatic rings. The highest BCUT2D eigenvalue weighted by Crippen LogP contribution is 2.23. The first kappa shape index (κ1) is 17.4. The summed E-state index contributed by atoms with van der Waals surface area (Å²) in [6.45, 7) is 5.01. The third-order valence-electron chi connectivity index (χ3n) is 4.40. The van der Waals surface area contributed by atoms with Gasteiger partial charge in [-0.2, -0.15) is 5.10 Å². The summed E-state index contributed by atoms with van der Waals surface area (Å²) in [7, 11) is 1.67. The number of methoxy groups -OCH3 is 1. The minimum absolute atomic E-state index is 0.0126. The average Bonchev–Trinajstić information content (AvgIpc) is 3.27. The molecule has 2 aromatic rings. The Kier molecular flexibility index (Phi) is 5.33. The Bertz CT molecular complexity index is 701. The molecule has 0 radical (unpaired) electrons. The van der Waals surface area contributed by atoms with Gasteiger partial charge in [0.2, 0.25) is 0 Å². The Morgan fingerprint density at radius 2 is 2.24 bits per heavy atom. The Morgan fingerprint density at radius 3 is 2.88 bits per heavy atom. The second-order valence-corrected chi connectivity index (χ2v) is 6.48. The van der Waals surface area contributed by atoms with Crippen LogP contribution in [0.25, 0.3) is 0 Å². The largest absolute Gasteiger partial charge is 0.490 e. The van der Waals surface area contributed by atoms with E-state index < -0.39 is 0 Å². The molecule has 7 heteroatoms. The van der Waals surface area contributed by atoms with Gasteiger partial charge in [-0.05, 0) is 38.5 Å². The minimum atomic E-state index is -0.0845. The predicted octanol–water partition coefficient (Wildman–Crippen LogP) is 2.17. The zero-order valence-corrected chi connectivity index (χ0v) is 14.8. The number of rotatable bonds is 6. The van der Waals surface area contributed by atoms with Gasteiger partial charge in [0, 0.05) is 32.1 Å². The fourth-order valence-corrected chi connectivity index (χ4v) is 2.96. The number of aromatic nitrogens is 3. The fourth-order valence-electron chi connectivity index (χ4n) is 2.96. The number of carbonyl (C=O) groups is 1. The van der Waals surface area contributed by atoms with E-state index in [-0.39, 0.29) is 24.1 Å². The number of ether oxygens (including phenoxy) is 2. The van der Waals surface area contributed by atoms with E-state index in [2.05, 4.69) is 10.1 Å². The third kappa shape index (κ3) is 3.99. The van der Waals surface area contributed by atoms with Gasteiger partial charge in [-0.1, -0.05) is 0 Å². The average molecular weight is 344 g/mol. The molecule has 2 aromatic heterocycles. The normalized spacial score (nSPS) is 20.2. The van der Waals surface area contributed by atoms with Crippen molar-refractivity contribution in [3.63, 3.8) is 0 Å². The smallest absolute Gasteiger partial charge is 0.274 e. The number of carbonyl (C=O) groups excluding carboxylic acids is 1. The molecule has 0 aromatic carbocycles. The Hall–Kier alpha value is -2.41. The van der Waals surface area contributed by atoms with Crippen molar-refractivity contribution in [3.8, 4) is 5.75 Å². The van der Waals surface area contributed by atoms with Crippen LogP contribution < -0.4 is 4.74 Å². The van der Waals surface area contributed by atoms with Gasteiger partial charge < -0.3 is 14.4 Å². The lowest BCUT2D eigenvalue weighted by Gasteiger charge is -2.23. The van der Waals surface area contributed by atoms with Crippen molar-refractivity contribution in [3.05, 3.63) is 42.5 Å². The van der Waals surface area contributed by atoms with Crippen LogP contribution in [-0.2, 0) is 4.74 Å². The molecular weight excluding hydrogens is 320 g/mol. The number of nitrogens with zero attached hydrogens (tertiary/aromatic N) is 4. The van der Waals surface area contributed by atoms with Crippen molar-refractivity contribution in [1.82, 2.24) is 19.7 Å². The van der Waals surface area contributed by atoms with Crippen LogP contribution in [0.15, 0.2) is 36.8 Å². The highest BCUT2D eigenvalue weighted by Gasteiger charge is 2.37. The molecule has 3 heterocycles. The van der Waals surface area contributed by atoms with E-state index in [0.29, 0.717) is 24.6 Å². The third-order valence-corrected chi connectivity index (χ3v) is 4.40. The van der Waals surface area contributed by atoms with Crippen LogP contribution in [0.1, 0.15) is 36.8 Å². The summed E-state index contributed by atoms with van der Waals surface area (Å²) in [5.74, 6) is 0.610. The maximum absolute atomic E-state index is 12.9. The van der Waals surface area contributed by atoms with E-state index in [1.54, 1.807) is 35.2 Å². The Morgan fingerprint density at radius 1 is 1.40 bits per heavy atom.